The van der Waals surface area contributed by atoms with E-state index in [0.29, 0.717) is 24.7 Å². The van der Waals surface area contributed by atoms with Crippen LogP contribution >= 0.6 is 0 Å². The molecule has 7 nitrogen and oxygen atoms in total. The number of fused-ring (bicyclic) bond motifs is 1. The fraction of sp³-hybridized carbons (Fsp3) is 0.400. The molecule has 0 radical (unpaired) electrons. The van der Waals surface area contributed by atoms with Gasteiger partial charge in [0.25, 0.3) is 0 Å². The Bertz CT molecular complexity index is 683. The van der Waals surface area contributed by atoms with Crippen molar-refractivity contribution in [2.24, 2.45) is 5.92 Å². The number of ether oxygens (including phenoxy) is 2. The van der Waals surface area contributed by atoms with Crippen LogP contribution in [-0.2, 0) is 17.8 Å². The average Bonchev–Trinajstić information content (AvgIpc) is 2.97. The molecule has 1 atom stereocenters. The highest BCUT2D eigenvalue weighted by Gasteiger charge is 2.26. The van der Waals surface area contributed by atoms with Gasteiger partial charge in [-0.3, -0.25) is 4.79 Å². The predicted octanol–water partition coefficient (Wildman–Crippen LogP) is 1.25. The fourth-order valence-corrected chi connectivity index (χ4v) is 2.39. The molecule has 1 aromatic carbocycles. The second kappa shape index (κ2) is 6.05. The first-order valence-corrected chi connectivity index (χ1v) is 7.02. The molecule has 0 fully saturated rings. The number of aromatic nitrogens is 2. The topological polar surface area (TPSA) is 86.5 Å². The zero-order chi connectivity index (χ0) is 15.5. The Kier molecular flexibility index (Phi) is 3.95. The minimum Gasteiger partial charge on any atom is -0.497 e. The molecule has 0 saturated heterocycles. The van der Waals surface area contributed by atoms with Gasteiger partial charge in [-0.05, 0) is 30.2 Å². The van der Waals surface area contributed by atoms with Crippen LogP contribution in [0.15, 0.2) is 22.7 Å². The minimum atomic E-state index is -0.243. The standard InChI is InChI=1S/C15H17N3O4/c1-9-17-14(18-22-9)7-16-15(19)11-5-10-6-12(20-2)3-4-13(10)21-8-11/h3-4,6,11H,5,7-8H2,1-2H3,(H,16,19)/t11-/m0/s1. The van der Waals surface area contributed by atoms with E-state index in [9.17, 15) is 4.79 Å². The summed E-state index contributed by atoms with van der Waals surface area (Å²) in [5.74, 6) is 2.17. The molecule has 0 bridgehead atoms. The maximum Gasteiger partial charge on any atom is 0.227 e. The highest BCUT2D eigenvalue weighted by molar-refractivity contribution is 5.79. The van der Waals surface area contributed by atoms with Crippen molar-refractivity contribution in [2.75, 3.05) is 13.7 Å². The van der Waals surface area contributed by atoms with E-state index in [1.807, 2.05) is 18.2 Å². The van der Waals surface area contributed by atoms with Crippen LogP contribution in [-0.4, -0.2) is 29.8 Å². The van der Waals surface area contributed by atoms with Gasteiger partial charge in [0.1, 0.15) is 18.1 Å². The molecule has 3 rings (SSSR count). The molecule has 1 N–H and O–H groups in total. The van der Waals surface area contributed by atoms with Crippen LogP contribution in [0.1, 0.15) is 17.3 Å². The second-order valence-corrected chi connectivity index (χ2v) is 5.13. The van der Waals surface area contributed by atoms with Gasteiger partial charge in [0.15, 0.2) is 5.82 Å². The monoisotopic (exact) mass is 303 g/mol. The molecule has 1 aromatic heterocycles. The van der Waals surface area contributed by atoms with E-state index >= 15 is 0 Å². The zero-order valence-electron chi connectivity index (χ0n) is 12.5. The molecule has 22 heavy (non-hydrogen) atoms. The van der Waals surface area contributed by atoms with E-state index in [1.54, 1.807) is 14.0 Å². The molecule has 1 aliphatic rings. The summed E-state index contributed by atoms with van der Waals surface area (Å²) < 4.78 is 15.7. The number of nitrogens with one attached hydrogen (secondary N) is 1. The maximum atomic E-state index is 12.2. The van der Waals surface area contributed by atoms with Gasteiger partial charge in [0.05, 0.1) is 19.6 Å². The minimum absolute atomic E-state index is 0.0871. The van der Waals surface area contributed by atoms with E-state index in [-0.39, 0.29) is 18.4 Å². The van der Waals surface area contributed by atoms with Crippen LogP contribution in [0.2, 0.25) is 0 Å². The maximum absolute atomic E-state index is 12.2. The average molecular weight is 303 g/mol. The SMILES string of the molecule is COc1ccc2c(c1)C[C@H](C(=O)NCc1noc(C)n1)CO2. The van der Waals surface area contributed by atoms with Gasteiger partial charge in [-0.2, -0.15) is 4.98 Å². The van der Waals surface area contributed by atoms with Gasteiger partial charge in [-0.25, -0.2) is 0 Å². The third-order valence-corrected chi connectivity index (χ3v) is 3.54. The molecule has 2 heterocycles. The summed E-state index contributed by atoms with van der Waals surface area (Å²) in [6, 6.07) is 5.61. The van der Waals surface area contributed by atoms with Crippen LogP contribution in [0, 0.1) is 12.8 Å². The van der Waals surface area contributed by atoms with Crippen molar-refractivity contribution in [2.45, 2.75) is 19.9 Å². The summed E-state index contributed by atoms with van der Waals surface area (Å²) in [5.41, 5.74) is 0.973. The van der Waals surface area contributed by atoms with Crippen LogP contribution in [0.4, 0.5) is 0 Å². The number of nitrogens with zero attached hydrogens (tertiary/aromatic N) is 2. The molecule has 7 heteroatoms. The first-order chi connectivity index (χ1) is 10.7. The second-order valence-electron chi connectivity index (χ2n) is 5.13. The number of carbonyl (C=O) groups excluding carboxylic acids is 1. The normalized spacial score (nSPS) is 16.5. The first kappa shape index (κ1) is 14.4. The first-order valence-electron chi connectivity index (χ1n) is 7.02. The highest BCUT2D eigenvalue weighted by Crippen LogP contribution is 2.30. The Morgan fingerprint density at radius 1 is 1.50 bits per heavy atom. The highest BCUT2D eigenvalue weighted by atomic mass is 16.5. The molecule has 1 amide bonds. The lowest BCUT2D eigenvalue weighted by Gasteiger charge is -2.24. The van der Waals surface area contributed by atoms with Gasteiger partial charge >= 0.3 is 0 Å². The van der Waals surface area contributed by atoms with Gasteiger partial charge in [0, 0.05) is 6.92 Å². The summed E-state index contributed by atoms with van der Waals surface area (Å²) in [6.07, 6.45) is 0.615. The van der Waals surface area contributed by atoms with Crippen LogP contribution in [0.3, 0.4) is 0 Å². The third kappa shape index (κ3) is 3.03. The number of carbonyl (C=O) groups is 1. The van der Waals surface area contributed by atoms with Crippen molar-refractivity contribution in [1.29, 1.82) is 0 Å². The lowest BCUT2D eigenvalue weighted by Crippen LogP contribution is -2.37. The molecule has 0 aliphatic carbocycles. The van der Waals surface area contributed by atoms with Crippen molar-refractivity contribution >= 4 is 5.91 Å². The van der Waals surface area contributed by atoms with E-state index in [4.69, 9.17) is 14.0 Å². The summed E-state index contributed by atoms with van der Waals surface area (Å²) in [7, 11) is 1.61. The zero-order valence-corrected chi connectivity index (χ0v) is 12.5. The molecule has 116 valence electrons. The number of amides is 1. The Hall–Kier alpha value is -2.57. The molecule has 2 aromatic rings. The van der Waals surface area contributed by atoms with Crippen molar-refractivity contribution in [1.82, 2.24) is 15.5 Å². The smallest absolute Gasteiger partial charge is 0.227 e. The van der Waals surface area contributed by atoms with Gasteiger partial charge < -0.3 is 19.3 Å². The molecule has 0 saturated carbocycles. The number of hydrogen-bond donors (Lipinski definition) is 1. The van der Waals surface area contributed by atoms with Crippen molar-refractivity contribution < 1.29 is 18.8 Å². The number of benzene rings is 1. The lowest BCUT2D eigenvalue weighted by atomic mass is 9.96. The summed E-state index contributed by atoms with van der Waals surface area (Å²) in [4.78, 5) is 16.3. The predicted molar refractivity (Wildman–Crippen MR) is 76.6 cm³/mol. The number of rotatable bonds is 4. The third-order valence-electron chi connectivity index (χ3n) is 3.54. The van der Waals surface area contributed by atoms with Crippen molar-refractivity contribution in [3.63, 3.8) is 0 Å². The van der Waals surface area contributed by atoms with E-state index in [0.717, 1.165) is 17.1 Å². The van der Waals surface area contributed by atoms with E-state index in [2.05, 4.69) is 15.5 Å². The van der Waals surface area contributed by atoms with Crippen LogP contribution < -0.4 is 14.8 Å². The Balaban J connectivity index is 1.62. The summed E-state index contributed by atoms with van der Waals surface area (Å²) in [5, 5.41) is 6.55. The molecule has 0 unspecified atom stereocenters. The molecule has 1 aliphatic heterocycles. The lowest BCUT2D eigenvalue weighted by molar-refractivity contribution is -0.126. The number of aryl methyl sites for hydroxylation is 1. The van der Waals surface area contributed by atoms with Crippen LogP contribution in [0.25, 0.3) is 0 Å². The number of hydrogen-bond acceptors (Lipinski definition) is 6. The molecular weight excluding hydrogens is 286 g/mol. The van der Waals surface area contributed by atoms with Crippen LogP contribution in [0.5, 0.6) is 11.5 Å². The molecule has 0 spiro atoms. The van der Waals surface area contributed by atoms with Gasteiger partial charge in [0.2, 0.25) is 11.8 Å². The fourth-order valence-electron chi connectivity index (χ4n) is 2.39. The Morgan fingerprint density at radius 3 is 3.09 bits per heavy atom. The Labute approximate surface area is 127 Å². The van der Waals surface area contributed by atoms with Crippen molar-refractivity contribution in [3.05, 3.63) is 35.5 Å². The van der Waals surface area contributed by atoms with E-state index in [1.165, 1.54) is 0 Å². The largest absolute Gasteiger partial charge is 0.497 e. The molecular formula is C15H17N3O4. The Morgan fingerprint density at radius 2 is 2.36 bits per heavy atom. The quantitative estimate of drug-likeness (QED) is 0.915. The van der Waals surface area contributed by atoms with Gasteiger partial charge in [-0.1, -0.05) is 5.16 Å². The van der Waals surface area contributed by atoms with E-state index < -0.39 is 0 Å². The summed E-state index contributed by atoms with van der Waals surface area (Å²) >= 11 is 0. The van der Waals surface area contributed by atoms with Crippen molar-refractivity contribution in [3.8, 4) is 11.5 Å². The van der Waals surface area contributed by atoms with Gasteiger partial charge in [-0.15, -0.1) is 0 Å². The number of methoxy groups -OCH3 is 1. The summed E-state index contributed by atoms with van der Waals surface area (Å²) in [6.45, 7) is 2.31.